The van der Waals surface area contributed by atoms with E-state index < -0.39 is 0 Å². The number of nitro benzene ring substituents is 1. The Kier molecular flexibility index (Phi) is 6.30. The van der Waals surface area contributed by atoms with Gasteiger partial charge < -0.3 is 10.0 Å². The van der Waals surface area contributed by atoms with Gasteiger partial charge in [0.2, 0.25) is 0 Å². The molecule has 1 saturated heterocycles. The molecule has 1 aliphatic rings. The van der Waals surface area contributed by atoms with Crippen LogP contribution >= 0.6 is 0 Å². The quantitative estimate of drug-likeness (QED) is 0.615. The Balaban J connectivity index is 1.86. The smallest absolute Gasteiger partial charge is 0.273 e. The van der Waals surface area contributed by atoms with Crippen LogP contribution in [0.25, 0.3) is 0 Å². The van der Waals surface area contributed by atoms with Gasteiger partial charge >= 0.3 is 0 Å². The van der Waals surface area contributed by atoms with Crippen LogP contribution in [0.15, 0.2) is 24.3 Å². The molecule has 1 aliphatic heterocycles. The van der Waals surface area contributed by atoms with E-state index in [0.29, 0.717) is 12.6 Å². The van der Waals surface area contributed by atoms with Crippen LogP contribution in [0.2, 0.25) is 0 Å². The van der Waals surface area contributed by atoms with Gasteiger partial charge in [-0.1, -0.05) is 18.2 Å². The van der Waals surface area contributed by atoms with Crippen molar-refractivity contribution >= 4 is 5.69 Å². The SMILES string of the molecule is CN(CCCO)C1CCN(Cc2ccccc2[N+](=O)[O-])CC1. The van der Waals surface area contributed by atoms with Crippen LogP contribution in [-0.2, 0) is 6.54 Å². The van der Waals surface area contributed by atoms with Crippen molar-refractivity contribution in [3.05, 3.63) is 39.9 Å². The Hall–Kier alpha value is -1.50. The van der Waals surface area contributed by atoms with E-state index in [9.17, 15) is 10.1 Å². The van der Waals surface area contributed by atoms with Crippen molar-refractivity contribution < 1.29 is 10.0 Å². The number of hydrogen-bond donors (Lipinski definition) is 1. The van der Waals surface area contributed by atoms with Crippen LogP contribution in [0.5, 0.6) is 0 Å². The molecule has 1 fully saturated rings. The highest BCUT2D eigenvalue weighted by molar-refractivity contribution is 5.39. The van der Waals surface area contributed by atoms with E-state index in [4.69, 9.17) is 5.11 Å². The number of hydrogen-bond acceptors (Lipinski definition) is 5. The lowest BCUT2D eigenvalue weighted by molar-refractivity contribution is -0.385. The van der Waals surface area contributed by atoms with Gasteiger partial charge in [-0.2, -0.15) is 0 Å². The summed E-state index contributed by atoms with van der Waals surface area (Å²) in [7, 11) is 2.11. The maximum Gasteiger partial charge on any atom is 0.273 e. The van der Waals surface area contributed by atoms with Crippen LogP contribution < -0.4 is 0 Å². The fraction of sp³-hybridized carbons (Fsp3) is 0.625. The Morgan fingerprint density at radius 1 is 1.36 bits per heavy atom. The number of benzene rings is 1. The molecule has 0 radical (unpaired) electrons. The van der Waals surface area contributed by atoms with Crippen LogP contribution in [0.3, 0.4) is 0 Å². The highest BCUT2D eigenvalue weighted by atomic mass is 16.6. The highest BCUT2D eigenvalue weighted by Gasteiger charge is 2.23. The largest absolute Gasteiger partial charge is 0.396 e. The summed E-state index contributed by atoms with van der Waals surface area (Å²) in [6, 6.07) is 7.54. The molecule has 22 heavy (non-hydrogen) atoms. The Bertz CT molecular complexity index is 487. The van der Waals surface area contributed by atoms with Crippen LogP contribution in [0.4, 0.5) is 5.69 Å². The maximum absolute atomic E-state index is 11.1. The van der Waals surface area contributed by atoms with Gasteiger partial charge in [0.15, 0.2) is 0 Å². The van der Waals surface area contributed by atoms with Gasteiger partial charge in [0.1, 0.15) is 0 Å². The molecule has 122 valence electrons. The minimum Gasteiger partial charge on any atom is -0.396 e. The molecular formula is C16H25N3O3. The van der Waals surface area contributed by atoms with Gasteiger partial charge in [-0.15, -0.1) is 0 Å². The second-order valence-electron chi connectivity index (χ2n) is 5.95. The third kappa shape index (κ3) is 4.50. The first-order valence-corrected chi connectivity index (χ1v) is 7.87. The number of para-hydroxylation sites is 1. The first kappa shape index (κ1) is 16.9. The number of aliphatic hydroxyl groups is 1. The highest BCUT2D eigenvalue weighted by Crippen LogP contribution is 2.22. The summed E-state index contributed by atoms with van der Waals surface area (Å²) in [6.07, 6.45) is 2.96. The standard InChI is InChI=1S/C16H25N3O3/c1-17(9-4-12-20)15-7-10-18(11-8-15)13-14-5-2-3-6-16(14)19(21)22/h2-3,5-6,15,20H,4,7-13H2,1H3. The van der Waals surface area contributed by atoms with Gasteiger partial charge in [0.05, 0.1) is 4.92 Å². The molecule has 6 heteroatoms. The van der Waals surface area contributed by atoms with Crippen LogP contribution in [0, 0.1) is 10.1 Å². The predicted molar refractivity (Wildman–Crippen MR) is 85.7 cm³/mol. The van der Waals surface area contributed by atoms with E-state index in [0.717, 1.165) is 44.5 Å². The number of piperidine rings is 1. The topological polar surface area (TPSA) is 69.8 Å². The summed E-state index contributed by atoms with van der Waals surface area (Å²) in [5, 5.41) is 20.0. The first-order chi connectivity index (χ1) is 10.6. The summed E-state index contributed by atoms with van der Waals surface area (Å²) in [4.78, 5) is 15.4. The van der Waals surface area contributed by atoms with Crippen molar-refractivity contribution in [2.75, 3.05) is 33.3 Å². The molecule has 0 atom stereocenters. The molecule has 1 aromatic carbocycles. The molecule has 2 rings (SSSR count). The van der Waals surface area contributed by atoms with Crippen molar-refractivity contribution in [2.24, 2.45) is 0 Å². The number of aliphatic hydroxyl groups excluding tert-OH is 1. The molecule has 6 nitrogen and oxygen atoms in total. The van der Waals surface area contributed by atoms with E-state index in [1.54, 1.807) is 12.1 Å². The summed E-state index contributed by atoms with van der Waals surface area (Å²) in [6.45, 7) is 3.72. The normalized spacial score (nSPS) is 17.0. The number of likely N-dealkylation sites (tertiary alicyclic amines) is 1. The number of nitro groups is 1. The monoisotopic (exact) mass is 307 g/mol. The third-order valence-electron chi connectivity index (χ3n) is 4.43. The molecule has 0 spiro atoms. The third-order valence-corrected chi connectivity index (χ3v) is 4.43. The predicted octanol–water partition coefficient (Wildman–Crippen LogP) is 1.87. The van der Waals surface area contributed by atoms with Crippen molar-refractivity contribution in [2.45, 2.75) is 31.8 Å². The van der Waals surface area contributed by atoms with Gasteiger partial charge in [0.25, 0.3) is 5.69 Å². The Labute approximate surface area is 131 Å². The lowest BCUT2D eigenvalue weighted by atomic mass is 10.0. The minimum absolute atomic E-state index is 0.213. The average Bonchev–Trinajstić information content (AvgIpc) is 2.53. The lowest BCUT2D eigenvalue weighted by Gasteiger charge is -2.36. The van der Waals surface area contributed by atoms with Crippen molar-refractivity contribution in [3.63, 3.8) is 0 Å². The molecule has 0 saturated carbocycles. The summed E-state index contributed by atoms with van der Waals surface area (Å²) >= 11 is 0. The lowest BCUT2D eigenvalue weighted by Crippen LogP contribution is -2.43. The van der Waals surface area contributed by atoms with E-state index in [1.165, 1.54) is 0 Å². The molecule has 1 heterocycles. The van der Waals surface area contributed by atoms with Gasteiger partial charge in [-0.25, -0.2) is 0 Å². The Morgan fingerprint density at radius 2 is 2.05 bits per heavy atom. The van der Waals surface area contributed by atoms with Gasteiger partial charge in [0, 0.05) is 37.4 Å². The van der Waals surface area contributed by atoms with Crippen molar-refractivity contribution in [1.29, 1.82) is 0 Å². The van der Waals surface area contributed by atoms with Gasteiger partial charge in [-0.3, -0.25) is 15.0 Å². The van der Waals surface area contributed by atoms with E-state index >= 15 is 0 Å². The second-order valence-corrected chi connectivity index (χ2v) is 5.95. The van der Waals surface area contributed by atoms with Crippen molar-refractivity contribution in [1.82, 2.24) is 9.80 Å². The average molecular weight is 307 g/mol. The van der Waals surface area contributed by atoms with Crippen molar-refractivity contribution in [3.8, 4) is 0 Å². The zero-order valence-corrected chi connectivity index (χ0v) is 13.1. The molecule has 0 bridgehead atoms. The second kappa shape index (κ2) is 8.22. The van der Waals surface area contributed by atoms with Gasteiger partial charge in [-0.05, 0) is 39.4 Å². The zero-order chi connectivity index (χ0) is 15.9. The number of rotatable bonds is 7. The number of nitrogens with zero attached hydrogens (tertiary/aromatic N) is 3. The molecule has 1 N–H and O–H groups in total. The minimum atomic E-state index is -0.301. The Morgan fingerprint density at radius 3 is 2.68 bits per heavy atom. The molecule has 0 amide bonds. The molecule has 1 aromatic rings. The molecular weight excluding hydrogens is 282 g/mol. The van der Waals surface area contributed by atoms with E-state index in [2.05, 4.69) is 16.8 Å². The fourth-order valence-corrected chi connectivity index (χ4v) is 3.08. The molecule has 0 aliphatic carbocycles. The van der Waals surface area contributed by atoms with E-state index in [-0.39, 0.29) is 17.2 Å². The summed E-state index contributed by atoms with van der Waals surface area (Å²) in [5.41, 5.74) is 1.00. The fourth-order valence-electron chi connectivity index (χ4n) is 3.08. The molecule has 0 aromatic heterocycles. The van der Waals surface area contributed by atoms with Crippen LogP contribution in [-0.4, -0.2) is 59.2 Å². The van der Waals surface area contributed by atoms with Crippen LogP contribution in [0.1, 0.15) is 24.8 Å². The molecule has 0 unspecified atom stereocenters. The summed E-state index contributed by atoms with van der Waals surface area (Å²) in [5.74, 6) is 0. The summed E-state index contributed by atoms with van der Waals surface area (Å²) < 4.78 is 0. The zero-order valence-electron chi connectivity index (χ0n) is 13.1. The first-order valence-electron chi connectivity index (χ1n) is 7.87. The van der Waals surface area contributed by atoms with E-state index in [1.807, 2.05) is 12.1 Å². The maximum atomic E-state index is 11.1.